The Hall–Kier alpha value is -1.07. The Bertz CT molecular complexity index is 327. The highest BCUT2D eigenvalue weighted by Crippen LogP contribution is 2.02. The first kappa shape index (κ1) is 16.9. The SMILES string of the molecule is CC(C)C[C@H](N)C(=O)NCCCn1cccn1.Cl. The van der Waals surface area contributed by atoms with Crippen LogP contribution in [0.4, 0.5) is 0 Å². The Morgan fingerprint density at radius 1 is 1.50 bits per heavy atom. The van der Waals surface area contributed by atoms with Crippen LogP contribution in [0.2, 0.25) is 0 Å². The molecule has 0 aliphatic heterocycles. The topological polar surface area (TPSA) is 72.9 Å². The van der Waals surface area contributed by atoms with Crippen LogP contribution in [0.3, 0.4) is 0 Å². The number of aromatic nitrogens is 2. The van der Waals surface area contributed by atoms with Crippen LogP contribution < -0.4 is 11.1 Å². The van der Waals surface area contributed by atoms with E-state index in [9.17, 15) is 4.79 Å². The summed E-state index contributed by atoms with van der Waals surface area (Å²) in [5.74, 6) is 0.388. The zero-order chi connectivity index (χ0) is 12.7. The number of halogens is 1. The van der Waals surface area contributed by atoms with Gasteiger partial charge in [-0.1, -0.05) is 13.8 Å². The van der Waals surface area contributed by atoms with Gasteiger partial charge in [-0.15, -0.1) is 12.4 Å². The highest BCUT2D eigenvalue weighted by molar-refractivity contribution is 5.85. The van der Waals surface area contributed by atoms with Crippen LogP contribution in [0, 0.1) is 5.92 Å². The molecule has 1 aromatic heterocycles. The van der Waals surface area contributed by atoms with Crippen molar-refractivity contribution >= 4 is 18.3 Å². The van der Waals surface area contributed by atoms with Crippen LogP contribution in [0.15, 0.2) is 18.5 Å². The molecule has 3 N–H and O–H groups in total. The van der Waals surface area contributed by atoms with Gasteiger partial charge in [0.05, 0.1) is 6.04 Å². The van der Waals surface area contributed by atoms with Gasteiger partial charge in [-0.05, 0) is 24.8 Å². The summed E-state index contributed by atoms with van der Waals surface area (Å²) in [6, 6.07) is 1.50. The lowest BCUT2D eigenvalue weighted by Gasteiger charge is -2.14. The Balaban J connectivity index is 0.00000289. The number of nitrogens with one attached hydrogen (secondary N) is 1. The molecule has 0 radical (unpaired) electrons. The molecule has 0 saturated heterocycles. The number of aryl methyl sites for hydroxylation is 1. The van der Waals surface area contributed by atoms with Crippen molar-refractivity contribution in [2.24, 2.45) is 11.7 Å². The third kappa shape index (κ3) is 6.61. The number of carbonyl (C=O) groups is 1. The van der Waals surface area contributed by atoms with Crippen LogP contribution >= 0.6 is 12.4 Å². The van der Waals surface area contributed by atoms with Gasteiger partial charge in [0.2, 0.25) is 5.91 Å². The quantitative estimate of drug-likeness (QED) is 0.734. The molecule has 0 aliphatic rings. The molecule has 18 heavy (non-hydrogen) atoms. The smallest absolute Gasteiger partial charge is 0.236 e. The monoisotopic (exact) mass is 274 g/mol. The second-order valence-electron chi connectivity index (χ2n) is 4.65. The zero-order valence-corrected chi connectivity index (χ0v) is 11.8. The van der Waals surface area contributed by atoms with E-state index in [1.165, 1.54) is 0 Å². The highest BCUT2D eigenvalue weighted by Gasteiger charge is 2.13. The number of hydrogen-bond donors (Lipinski definition) is 2. The number of nitrogens with zero attached hydrogens (tertiary/aromatic N) is 2. The lowest BCUT2D eigenvalue weighted by Crippen LogP contribution is -2.41. The summed E-state index contributed by atoms with van der Waals surface area (Å²) in [6.07, 6.45) is 5.25. The van der Waals surface area contributed by atoms with Crippen molar-refractivity contribution in [3.8, 4) is 0 Å². The molecule has 0 spiro atoms. The van der Waals surface area contributed by atoms with E-state index in [1.807, 2.05) is 16.9 Å². The van der Waals surface area contributed by atoms with E-state index in [-0.39, 0.29) is 24.4 Å². The standard InChI is InChI=1S/C12H22N4O.ClH/c1-10(2)9-11(13)12(17)14-5-3-7-16-8-4-6-15-16;/h4,6,8,10-11H,3,5,7,9,13H2,1-2H3,(H,14,17);1H/t11-;/m0./s1. The van der Waals surface area contributed by atoms with Crippen LogP contribution in [-0.4, -0.2) is 28.3 Å². The highest BCUT2D eigenvalue weighted by atomic mass is 35.5. The number of nitrogens with two attached hydrogens (primary N) is 1. The molecule has 5 nitrogen and oxygen atoms in total. The van der Waals surface area contributed by atoms with E-state index < -0.39 is 0 Å². The number of rotatable bonds is 7. The first-order valence-corrected chi connectivity index (χ1v) is 6.10. The second kappa shape index (κ2) is 8.94. The molecule has 1 amide bonds. The van der Waals surface area contributed by atoms with Crippen molar-refractivity contribution in [2.45, 2.75) is 39.3 Å². The van der Waals surface area contributed by atoms with E-state index in [2.05, 4.69) is 24.3 Å². The van der Waals surface area contributed by atoms with Crippen molar-refractivity contribution in [2.75, 3.05) is 6.54 Å². The number of hydrogen-bond acceptors (Lipinski definition) is 3. The fourth-order valence-electron chi connectivity index (χ4n) is 1.63. The lowest BCUT2D eigenvalue weighted by atomic mass is 10.0. The average Bonchev–Trinajstić information content (AvgIpc) is 2.75. The van der Waals surface area contributed by atoms with Gasteiger partial charge in [-0.2, -0.15) is 5.10 Å². The normalized spacial score (nSPS) is 12.0. The minimum atomic E-state index is -0.389. The van der Waals surface area contributed by atoms with Gasteiger partial charge in [0, 0.05) is 25.5 Å². The largest absolute Gasteiger partial charge is 0.355 e. The molecule has 0 aromatic carbocycles. The molecule has 1 heterocycles. The third-order valence-electron chi connectivity index (χ3n) is 2.48. The van der Waals surface area contributed by atoms with E-state index in [0.29, 0.717) is 12.5 Å². The molecule has 1 atom stereocenters. The predicted molar refractivity (Wildman–Crippen MR) is 74.5 cm³/mol. The van der Waals surface area contributed by atoms with Gasteiger partial charge in [0.1, 0.15) is 0 Å². The maximum atomic E-state index is 11.6. The minimum Gasteiger partial charge on any atom is -0.355 e. The van der Waals surface area contributed by atoms with Crippen molar-refractivity contribution < 1.29 is 4.79 Å². The lowest BCUT2D eigenvalue weighted by molar-refractivity contribution is -0.122. The van der Waals surface area contributed by atoms with Gasteiger partial charge < -0.3 is 11.1 Å². The molecule has 0 aliphatic carbocycles. The van der Waals surface area contributed by atoms with E-state index in [1.54, 1.807) is 6.20 Å². The Morgan fingerprint density at radius 3 is 2.78 bits per heavy atom. The first-order chi connectivity index (χ1) is 8.09. The van der Waals surface area contributed by atoms with Gasteiger partial charge in [-0.3, -0.25) is 9.48 Å². The molecule has 1 rings (SSSR count). The Morgan fingerprint density at radius 2 is 2.22 bits per heavy atom. The van der Waals surface area contributed by atoms with Crippen LogP contribution in [0.1, 0.15) is 26.7 Å². The fraction of sp³-hybridized carbons (Fsp3) is 0.667. The number of amides is 1. The van der Waals surface area contributed by atoms with Crippen molar-refractivity contribution in [1.82, 2.24) is 15.1 Å². The van der Waals surface area contributed by atoms with Gasteiger partial charge in [0.25, 0.3) is 0 Å². The minimum absolute atomic E-state index is 0. The molecule has 6 heteroatoms. The van der Waals surface area contributed by atoms with Crippen LogP contribution in [0.25, 0.3) is 0 Å². The molecular weight excluding hydrogens is 252 g/mol. The first-order valence-electron chi connectivity index (χ1n) is 6.10. The van der Waals surface area contributed by atoms with E-state index >= 15 is 0 Å². The number of carbonyl (C=O) groups excluding carboxylic acids is 1. The maximum absolute atomic E-state index is 11.6. The van der Waals surface area contributed by atoms with Crippen LogP contribution in [-0.2, 0) is 11.3 Å². The molecular formula is C12H23ClN4O. The zero-order valence-electron chi connectivity index (χ0n) is 11.0. The van der Waals surface area contributed by atoms with E-state index in [0.717, 1.165) is 19.4 Å². The third-order valence-corrected chi connectivity index (χ3v) is 2.48. The average molecular weight is 275 g/mol. The van der Waals surface area contributed by atoms with Gasteiger partial charge >= 0.3 is 0 Å². The Labute approximate surface area is 115 Å². The predicted octanol–water partition coefficient (Wildman–Crippen LogP) is 1.18. The van der Waals surface area contributed by atoms with Crippen molar-refractivity contribution in [1.29, 1.82) is 0 Å². The summed E-state index contributed by atoms with van der Waals surface area (Å²) in [5, 5.41) is 6.93. The summed E-state index contributed by atoms with van der Waals surface area (Å²) >= 11 is 0. The molecule has 1 aromatic rings. The van der Waals surface area contributed by atoms with Crippen LogP contribution in [0.5, 0.6) is 0 Å². The Kier molecular flexibility index (Phi) is 8.41. The van der Waals surface area contributed by atoms with Crippen molar-refractivity contribution in [3.05, 3.63) is 18.5 Å². The summed E-state index contributed by atoms with van der Waals surface area (Å²) in [6.45, 7) is 5.58. The van der Waals surface area contributed by atoms with Gasteiger partial charge in [-0.25, -0.2) is 0 Å². The second-order valence-corrected chi connectivity index (χ2v) is 4.65. The summed E-state index contributed by atoms with van der Waals surface area (Å²) in [5.41, 5.74) is 5.77. The molecule has 0 unspecified atom stereocenters. The van der Waals surface area contributed by atoms with E-state index in [4.69, 9.17) is 5.73 Å². The summed E-state index contributed by atoms with van der Waals surface area (Å²) in [7, 11) is 0. The molecule has 0 fully saturated rings. The molecule has 0 bridgehead atoms. The van der Waals surface area contributed by atoms with Crippen molar-refractivity contribution in [3.63, 3.8) is 0 Å². The molecule has 104 valence electrons. The molecule has 0 saturated carbocycles. The summed E-state index contributed by atoms with van der Waals surface area (Å²) < 4.78 is 1.85. The fourth-order valence-corrected chi connectivity index (χ4v) is 1.63. The van der Waals surface area contributed by atoms with Gasteiger partial charge in [0.15, 0.2) is 0 Å². The maximum Gasteiger partial charge on any atom is 0.236 e. The summed E-state index contributed by atoms with van der Waals surface area (Å²) in [4.78, 5) is 11.6.